The molecule has 0 radical (unpaired) electrons. The minimum atomic E-state index is -0.140. The molecule has 0 aromatic heterocycles. The molecule has 2 unspecified atom stereocenters. The largest absolute Gasteiger partial charge is 0.394 e. The SMILES string of the molecule is CCC1CCCCCN1CCC(C)(CO)NC(C)C. The van der Waals surface area contributed by atoms with Crippen LogP contribution in [0.3, 0.4) is 0 Å². The number of nitrogens with zero attached hydrogens (tertiary/aromatic N) is 1. The molecule has 2 N–H and O–H groups in total. The Morgan fingerprint density at radius 1 is 1.32 bits per heavy atom. The molecule has 0 saturated carbocycles. The molecule has 0 aromatic rings. The number of likely N-dealkylation sites (tertiary alicyclic amines) is 1. The average molecular weight is 270 g/mol. The van der Waals surface area contributed by atoms with Gasteiger partial charge >= 0.3 is 0 Å². The van der Waals surface area contributed by atoms with Crippen LogP contribution in [0.5, 0.6) is 0 Å². The van der Waals surface area contributed by atoms with Crippen molar-refractivity contribution in [3.05, 3.63) is 0 Å². The molecule has 1 rings (SSSR count). The quantitative estimate of drug-likeness (QED) is 0.747. The Bertz CT molecular complexity index is 245. The summed E-state index contributed by atoms with van der Waals surface area (Å²) in [6.07, 6.45) is 7.74. The molecule has 0 amide bonds. The lowest BCUT2D eigenvalue weighted by molar-refractivity contribution is 0.121. The van der Waals surface area contributed by atoms with Crippen LogP contribution in [0.25, 0.3) is 0 Å². The van der Waals surface area contributed by atoms with Crippen LogP contribution < -0.4 is 5.32 Å². The first-order chi connectivity index (χ1) is 9.00. The van der Waals surface area contributed by atoms with Crippen LogP contribution in [-0.4, -0.2) is 47.3 Å². The monoisotopic (exact) mass is 270 g/mol. The van der Waals surface area contributed by atoms with E-state index in [0.29, 0.717) is 6.04 Å². The number of hydrogen-bond acceptors (Lipinski definition) is 3. The summed E-state index contributed by atoms with van der Waals surface area (Å²) in [5.74, 6) is 0. The summed E-state index contributed by atoms with van der Waals surface area (Å²) in [5.41, 5.74) is -0.140. The van der Waals surface area contributed by atoms with E-state index < -0.39 is 0 Å². The molecule has 1 aliphatic rings. The van der Waals surface area contributed by atoms with E-state index in [1.807, 2.05) is 0 Å². The molecule has 1 heterocycles. The zero-order valence-electron chi connectivity index (χ0n) is 13.4. The summed E-state index contributed by atoms with van der Waals surface area (Å²) in [6.45, 7) is 11.3. The van der Waals surface area contributed by atoms with E-state index in [1.54, 1.807) is 0 Å². The molecule has 1 aliphatic heterocycles. The Morgan fingerprint density at radius 3 is 2.63 bits per heavy atom. The molecule has 0 spiro atoms. The average Bonchev–Trinajstić information content (AvgIpc) is 2.60. The third-order valence-corrected chi connectivity index (χ3v) is 4.41. The topological polar surface area (TPSA) is 35.5 Å². The Hall–Kier alpha value is -0.120. The first-order valence-corrected chi connectivity index (χ1v) is 8.13. The van der Waals surface area contributed by atoms with Crippen molar-refractivity contribution in [3.63, 3.8) is 0 Å². The summed E-state index contributed by atoms with van der Waals surface area (Å²) in [5, 5.41) is 13.2. The number of aliphatic hydroxyl groups is 1. The van der Waals surface area contributed by atoms with Crippen molar-refractivity contribution in [2.24, 2.45) is 0 Å². The van der Waals surface area contributed by atoms with Gasteiger partial charge in [0.2, 0.25) is 0 Å². The molecule has 1 saturated heterocycles. The normalized spacial score (nSPS) is 25.3. The molecule has 114 valence electrons. The van der Waals surface area contributed by atoms with Crippen molar-refractivity contribution in [1.29, 1.82) is 0 Å². The lowest BCUT2D eigenvalue weighted by Gasteiger charge is -2.36. The maximum absolute atomic E-state index is 9.66. The molecule has 3 nitrogen and oxygen atoms in total. The van der Waals surface area contributed by atoms with Crippen LogP contribution in [0.15, 0.2) is 0 Å². The van der Waals surface area contributed by atoms with E-state index in [9.17, 15) is 5.11 Å². The van der Waals surface area contributed by atoms with E-state index in [0.717, 1.165) is 19.0 Å². The highest BCUT2D eigenvalue weighted by molar-refractivity contribution is 4.86. The highest BCUT2D eigenvalue weighted by Gasteiger charge is 2.26. The molecule has 0 aliphatic carbocycles. The summed E-state index contributed by atoms with van der Waals surface area (Å²) < 4.78 is 0. The maximum atomic E-state index is 9.66. The van der Waals surface area contributed by atoms with Gasteiger partial charge in [0, 0.05) is 24.2 Å². The van der Waals surface area contributed by atoms with Crippen molar-refractivity contribution in [2.45, 2.75) is 83.8 Å². The standard InChI is InChI=1S/C16H34N2O/c1-5-15-9-7-6-8-11-18(15)12-10-16(4,13-19)17-14(2)3/h14-15,17,19H,5-13H2,1-4H3. The van der Waals surface area contributed by atoms with Crippen LogP contribution >= 0.6 is 0 Å². The van der Waals surface area contributed by atoms with Crippen molar-refractivity contribution in [2.75, 3.05) is 19.7 Å². The minimum absolute atomic E-state index is 0.140. The van der Waals surface area contributed by atoms with Gasteiger partial charge in [0.25, 0.3) is 0 Å². The maximum Gasteiger partial charge on any atom is 0.0611 e. The number of rotatable bonds is 7. The van der Waals surface area contributed by atoms with E-state index in [4.69, 9.17) is 0 Å². The number of hydrogen-bond donors (Lipinski definition) is 2. The second-order valence-corrected chi connectivity index (χ2v) is 6.72. The van der Waals surface area contributed by atoms with E-state index in [2.05, 4.69) is 37.9 Å². The Balaban J connectivity index is 2.51. The molecule has 2 atom stereocenters. The van der Waals surface area contributed by atoms with Gasteiger partial charge < -0.3 is 15.3 Å². The fraction of sp³-hybridized carbons (Fsp3) is 1.00. The van der Waals surface area contributed by atoms with E-state index in [-0.39, 0.29) is 12.1 Å². The van der Waals surface area contributed by atoms with Gasteiger partial charge in [-0.3, -0.25) is 0 Å². The number of nitrogens with one attached hydrogen (secondary N) is 1. The first kappa shape index (κ1) is 16.9. The fourth-order valence-corrected chi connectivity index (χ4v) is 3.28. The second kappa shape index (κ2) is 8.23. The van der Waals surface area contributed by atoms with Gasteiger partial charge in [-0.25, -0.2) is 0 Å². The van der Waals surface area contributed by atoms with Crippen LogP contribution in [0.1, 0.15) is 66.2 Å². The predicted octanol–water partition coefficient (Wildman–Crippen LogP) is 2.78. The molecule has 1 fully saturated rings. The van der Waals surface area contributed by atoms with Crippen molar-refractivity contribution < 1.29 is 5.11 Å². The van der Waals surface area contributed by atoms with E-state index >= 15 is 0 Å². The van der Waals surface area contributed by atoms with Crippen LogP contribution in [0.2, 0.25) is 0 Å². The summed E-state index contributed by atoms with van der Waals surface area (Å²) in [7, 11) is 0. The predicted molar refractivity (Wildman–Crippen MR) is 82.5 cm³/mol. The smallest absolute Gasteiger partial charge is 0.0611 e. The van der Waals surface area contributed by atoms with Gasteiger partial charge in [-0.05, 0) is 39.2 Å². The van der Waals surface area contributed by atoms with Crippen molar-refractivity contribution >= 4 is 0 Å². The third kappa shape index (κ3) is 5.80. The Kier molecular flexibility index (Phi) is 7.33. The van der Waals surface area contributed by atoms with Gasteiger partial charge in [0.1, 0.15) is 0 Å². The molecular weight excluding hydrogens is 236 g/mol. The van der Waals surface area contributed by atoms with E-state index in [1.165, 1.54) is 38.6 Å². The van der Waals surface area contributed by atoms with Gasteiger partial charge in [0.15, 0.2) is 0 Å². The lowest BCUT2D eigenvalue weighted by atomic mass is 9.96. The molecule has 0 bridgehead atoms. The number of aliphatic hydroxyl groups excluding tert-OH is 1. The van der Waals surface area contributed by atoms with Crippen LogP contribution in [0, 0.1) is 0 Å². The summed E-state index contributed by atoms with van der Waals surface area (Å²) in [4.78, 5) is 2.66. The second-order valence-electron chi connectivity index (χ2n) is 6.72. The summed E-state index contributed by atoms with van der Waals surface area (Å²) >= 11 is 0. The zero-order chi connectivity index (χ0) is 14.3. The van der Waals surface area contributed by atoms with Crippen molar-refractivity contribution in [1.82, 2.24) is 10.2 Å². The van der Waals surface area contributed by atoms with Gasteiger partial charge in [-0.1, -0.05) is 33.6 Å². The molecule has 3 heteroatoms. The molecule has 0 aromatic carbocycles. The zero-order valence-corrected chi connectivity index (χ0v) is 13.4. The highest BCUT2D eigenvalue weighted by Crippen LogP contribution is 2.21. The van der Waals surface area contributed by atoms with Crippen LogP contribution in [-0.2, 0) is 0 Å². The Labute approximate surface area is 119 Å². The van der Waals surface area contributed by atoms with Crippen molar-refractivity contribution in [3.8, 4) is 0 Å². The summed E-state index contributed by atoms with van der Waals surface area (Å²) in [6, 6.07) is 1.17. The molecular formula is C16H34N2O. The van der Waals surface area contributed by atoms with Gasteiger partial charge in [-0.2, -0.15) is 0 Å². The fourth-order valence-electron chi connectivity index (χ4n) is 3.28. The van der Waals surface area contributed by atoms with Gasteiger partial charge in [0.05, 0.1) is 6.61 Å². The lowest BCUT2D eigenvalue weighted by Crippen LogP contribution is -2.51. The van der Waals surface area contributed by atoms with Crippen LogP contribution in [0.4, 0.5) is 0 Å². The minimum Gasteiger partial charge on any atom is -0.394 e. The molecule has 19 heavy (non-hydrogen) atoms. The highest BCUT2D eigenvalue weighted by atomic mass is 16.3. The first-order valence-electron chi connectivity index (χ1n) is 8.13. The van der Waals surface area contributed by atoms with Gasteiger partial charge in [-0.15, -0.1) is 0 Å². The third-order valence-electron chi connectivity index (χ3n) is 4.41. The Morgan fingerprint density at radius 2 is 2.05 bits per heavy atom.